The van der Waals surface area contributed by atoms with E-state index in [4.69, 9.17) is 5.11 Å². The molecule has 2 aromatic rings. The molecular weight excluding hydrogens is 196 g/mol. The maximum atomic E-state index is 9.04. The van der Waals surface area contributed by atoms with Crippen LogP contribution in [0.5, 0.6) is 5.88 Å². The smallest absolute Gasteiger partial charge is 0.223 e. The topological polar surface area (TPSA) is 45.2 Å². The first-order valence-electron chi connectivity index (χ1n) is 4.22. The molecule has 14 heavy (non-hydrogen) atoms. The van der Waals surface area contributed by atoms with Gasteiger partial charge in [-0.15, -0.1) is 11.3 Å². The predicted molar refractivity (Wildman–Crippen MR) is 58.2 cm³/mol. The Labute approximate surface area is 86.1 Å². The van der Waals surface area contributed by atoms with Crippen LogP contribution < -0.4 is 5.32 Å². The van der Waals surface area contributed by atoms with E-state index in [1.54, 1.807) is 5.38 Å². The number of aromatic nitrogens is 1. The molecule has 0 saturated heterocycles. The molecule has 1 aromatic heterocycles. The number of thiazole rings is 1. The van der Waals surface area contributed by atoms with Crippen molar-refractivity contribution in [3.05, 3.63) is 35.2 Å². The largest absolute Gasteiger partial charge is 0.493 e. The van der Waals surface area contributed by atoms with E-state index in [0.717, 1.165) is 5.69 Å². The van der Waals surface area contributed by atoms with Crippen LogP contribution in [0.3, 0.4) is 0 Å². The summed E-state index contributed by atoms with van der Waals surface area (Å²) in [6, 6.07) is 8.00. The van der Waals surface area contributed by atoms with Crippen molar-refractivity contribution in [1.29, 1.82) is 0 Å². The number of aromatic hydroxyl groups is 1. The van der Waals surface area contributed by atoms with Gasteiger partial charge >= 0.3 is 0 Å². The molecule has 0 amide bonds. The molecule has 0 unspecified atom stereocenters. The molecule has 1 aromatic carbocycles. The monoisotopic (exact) mass is 206 g/mol. The Morgan fingerprint density at radius 1 is 1.43 bits per heavy atom. The van der Waals surface area contributed by atoms with Crippen molar-refractivity contribution < 1.29 is 5.11 Å². The highest BCUT2D eigenvalue weighted by atomic mass is 32.1. The van der Waals surface area contributed by atoms with E-state index in [1.807, 2.05) is 31.2 Å². The van der Waals surface area contributed by atoms with Crippen LogP contribution in [0.1, 0.15) is 5.56 Å². The molecule has 0 aliphatic heterocycles. The molecule has 0 aliphatic carbocycles. The van der Waals surface area contributed by atoms with E-state index in [1.165, 1.54) is 16.9 Å². The normalized spacial score (nSPS) is 10.1. The van der Waals surface area contributed by atoms with Crippen molar-refractivity contribution in [2.24, 2.45) is 0 Å². The molecule has 0 saturated carbocycles. The van der Waals surface area contributed by atoms with Gasteiger partial charge in [0.1, 0.15) is 0 Å². The van der Waals surface area contributed by atoms with Crippen molar-refractivity contribution >= 4 is 22.2 Å². The van der Waals surface area contributed by atoms with E-state index >= 15 is 0 Å². The molecular formula is C10H10N2OS. The summed E-state index contributed by atoms with van der Waals surface area (Å²) in [6.07, 6.45) is 0. The van der Waals surface area contributed by atoms with Gasteiger partial charge in [0.05, 0.1) is 5.38 Å². The van der Waals surface area contributed by atoms with Crippen LogP contribution in [0, 0.1) is 6.92 Å². The molecule has 0 atom stereocenters. The van der Waals surface area contributed by atoms with Crippen LogP contribution in [-0.4, -0.2) is 10.1 Å². The highest BCUT2D eigenvalue weighted by molar-refractivity contribution is 7.13. The minimum absolute atomic E-state index is 0.0603. The number of nitrogens with one attached hydrogen (secondary N) is 1. The summed E-state index contributed by atoms with van der Waals surface area (Å²) in [5, 5.41) is 14.5. The number of nitrogens with zero attached hydrogens (tertiary/aromatic N) is 1. The molecule has 1 heterocycles. The van der Waals surface area contributed by atoms with Gasteiger partial charge in [-0.3, -0.25) is 0 Å². The number of aryl methyl sites for hydroxylation is 1. The summed E-state index contributed by atoms with van der Waals surface area (Å²) in [4.78, 5) is 3.90. The Balaban J connectivity index is 2.18. The van der Waals surface area contributed by atoms with Gasteiger partial charge < -0.3 is 10.4 Å². The summed E-state index contributed by atoms with van der Waals surface area (Å²) in [7, 11) is 0. The quantitative estimate of drug-likeness (QED) is 0.794. The van der Waals surface area contributed by atoms with Gasteiger partial charge in [-0.05, 0) is 24.6 Å². The number of rotatable bonds is 2. The van der Waals surface area contributed by atoms with Gasteiger partial charge in [-0.2, -0.15) is 4.98 Å². The minimum Gasteiger partial charge on any atom is -0.493 e. The van der Waals surface area contributed by atoms with Crippen LogP contribution in [0.2, 0.25) is 0 Å². The van der Waals surface area contributed by atoms with Gasteiger partial charge in [-0.25, -0.2) is 0 Å². The van der Waals surface area contributed by atoms with Gasteiger partial charge in [0.2, 0.25) is 5.88 Å². The van der Waals surface area contributed by atoms with Crippen molar-refractivity contribution in [2.45, 2.75) is 6.92 Å². The average Bonchev–Trinajstić information content (AvgIpc) is 2.51. The number of anilines is 2. The standard InChI is InChI=1S/C10H10N2OS/c1-7-3-2-4-8(5-7)11-10-12-9(13)6-14-10/h2-6,13H,1H3,(H,11,12). The van der Waals surface area contributed by atoms with Crippen molar-refractivity contribution in [3.8, 4) is 5.88 Å². The average molecular weight is 206 g/mol. The predicted octanol–water partition coefficient (Wildman–Crippen LogP) is 2.90. The summed E-state index contributed by atoms with van der Waals surface area (Å²) < 4.78 is 0. The van der Waals surface area contributed by atoms with E-state index in [-0.39, 0.29) is 5.88 Å². The Hall–Kier alpha value is -1.55. The first-order valence-corrected chi connectivity index (χ1v) is 5.10. The Kier molecular flexibility index (Phi) is 2.37. The summed E-state index contributed by atoms with van der Waals surface area (Å²) in [6.45, 7) is 2.03. The molecule has 2 N–H and O–H groups in total. The first-order chi connectivity index (χ1) is 6.74. The zero-order valence-electron chi connectivity index (χ0n) is 7.69. The third kappa shape index (κ3) is 2.03. The lowest BCUT2D eigenvalue weighted by Gasteiger charge is -2.02. The third-order valence-corrected chi connectivity index (χ3v) is 2.51. The maximum absolute atomic E-state index is 9.04. The molecule has 0 radical (unpaired) electrons. The van der Waals surface area contributed by atoms with Crippen LogP contribution in [0.4, 0.5) is 10.8 Å². The van der Waals surface area contributed by atoms with E-state index < -0.39 is 0 Å². The van der Waals surface area contributed by atoms with Crippen LogP contribution >= 0.6 is 11.3 Å². The SMILES string of the molecule is Cc1cccc(Nc2nc(O)cs2)c1. The second-order valence-corrected chi connectivity index (χ2v) is 3.86. The van der Waals surface area contributed by atoms with Gasteiger partial charge in [0.15, 0.2) is 5.13 Å². The van der Waals surface area contributed by atoms with Gasteiger partial charge in [-0.1, -0.05) is 12.1 Å². The Bertz CT molecular complexity index is 439. The zero-order chi connectivity index (χ0) is 9.97. The van der Waals surface area contributed by atoms with E-state index in [0.29, 0.717) is 5.13 Å². The van der Waals surface area contributed by atoms with Gasteiger partial charge in [0.25, 0.3) is 0 Å². The lowest BCUT2D eigenvalue weighted by atomic mass is 10.2. The molecule has 4 heteroatoms. The second kappa shape index (κ2) is 3.67. The fraction of sp³-hybridized carbons (Fsp3) is 0.100. The van der Waals surface area contributed by atoms with Crippen molar-refractivity contribution in [1.82, 2.24) is 4.98 Å². The molecule has 3 nitrogen and oxygen atoms in total. The lowest BCUT2D eigenvalue weighted by molar-refractivity contribution is 0.458. The van der Waals surface area contributed by atoms with Crippen LogP contribution in [0.15, 0.2) is 29.6 Å². The van der Waals surface area contributed by atoms with E-state index in [2.05, 4.69) is 10.3 Å². The zero-order valence-corrected chi connectivity index (χ0v) is 8.51. The number of hydrogen-bond donors (Lipinski definition) is 2. The molecule has 72 valence electrons. The molecule has 0 spiro atoms. The molecule has 0 fully saturated rings. The fourth-order valence-electron chi connectivity index (χ4n) is 1.17. The Morgan fingerprint density at radius 3 is 2.93 bits per heavy atom. The molecule has 0 bridgehead atoms. The Morgan fingerprint density at radius 2 is 2.29 bits per heavy atom. The maximum Gasteiger partial charge on any atom is 0.223 e. The number of hydrogen-bond acceptors (Lipinski definition) is 4. The van der Waals surface area contributed by atoms with Crippen LogP contribution in [0.25, 0.3) is 0 Å². The van der Waals surface area contributed by atoms with Crippen molar-refractivity contribution in [3.63, 3.8) is 0 Å². The fourth-order valence-corrected chi connectivity index (χ4v) is 1.76. The molecule has 0 aliphatic rings. The minimum atomic E-state index is 0.0603. The first kappa shape index (κ1) is 9.02. The summed E-state index contributed by atoms with van der Waals surface area (Å²) >= 11 is 1.38. The van der Waals surface area contributed by atoms with E-state index in [9.17, 15) is 0 Å². The highest BCUT2D eigenvalue weighted by Crippen LogP contribution is 2.23. The van der Waals surface area contributed by atoms with Gasteiger partial charge in [0, 0.05) is 5.69 Å². The summed E-state index contributed by atoms with van der Waals surface area (Å²) in [5.74, 6) is 0.0603. The number of benzene rings is 1. The summed E-state index contributed by atoms with van der Waals surface area (Å²) in [5.41, 5.74) is 2.18. The molecule has 2 rings (SSSR count). The third-order valence-electron chi connectivity index (χ3n) is 1.76. The second-order valence-electron chi connectivity index (χ2n) is 3.01. The lowest BCUT2D eigenvalue weighted by Crippen LogP contribution is -1.88. The van der Waals surface area contributed by atoms with Crippen LogP contribution in [-0.2, 0) is 0 Å². The highest BCUT2D eigenvalue weighted by Gasteiger charge is 1.99. The van der Waals surface area contributed by atoms with Crippen molar-refractivity contribution in [2.75, 3.05) is 5.32 Å².